The van der Waals surface area contributed by atoms with Crippen LogP contribution in [0.1, 0.15) is 43.1 Å². The van der Waals surface area contributed by atoms with Gasteiger partial charge in [0.05, 0.1) is 12.0 Å². The zero-order valence-corrected chi connectivity index (χ0v) is 15.2. The highest BCUT2D eigenvalue weighted by atomic mass is 16.5. The SMILES string of the molecule is COCc1nccc(N2CCC(Cn3cnc(C4CC4)cc3=O)CC2)n1. The van der Waals surface area contributed by atoms with E-state index in [1.54, 1.807) is 30.3 Å². The normalized spacial score (nSPS) is 18.3. The van der Waals surface area contributed by atoms with Crippen molar-refractivity contribution in [2.75, 3.05) is 25.1 Å². The first-order chi connectivity index (χ1) is 12.7. The zero-order valence-electron chi connectivity index (χ0n) is 15.2. The van der Waals surface area contributed by atoms with E-state index in [0.29, 0.717) is 24.3 Å². The lowest BCUT2D eigenvalue weighted by Gasteiger charge is -2.33. The molecule has 0 unspecified atom stereocenters. The van der Waals surface area contributed by atoms with Gasteiger partial charge in [-0.15, -0.1) is 0 Å². The molecule has 7 nitrogen and oxygen atoms in total. The topological polar surface area (TPSA) is 73.1 Å². The van der Waals surface area contributed by atoms with E-state index in [9.17, 15) is 4.79 Å². The molecule has 0 atom stereocenters. The van der Waals surface area contributed by atoms with Crippen molar-refractivity contribution in [2.45, 2.75) is 44.8 Å². The maximum Gasteiger partial charge on any atom is 0.253 e. The molecule has 0 aromatic carbocycles. The molecule has 0 amide bonds. The van der Waals surface area contributed by atoms with Crippen molar-refractivity contribution in [1.29, 1.82) is 0 Å². The molecule has 4 rings (SSSR count). The molecule has 26 heavy (non-hydrogen) atoms. The lowest BCUT2D eigenvalue weighted by Crippen LogP contribution is -2.37. The first-order valence-corrected chi connectivity index (χ1v) is 9.35. The van der Waals surface area contributed by atoms with Crippen LogP contribution in [-0.2, 0) is 17.9 Å². The van der Waals surface area contributed by atoms with E-state index < -0.39 is 0 Å². The summed E-state index contributed by atoms with van der Waals surface area (Å²) in [4.78, 5) is 27.9. The van der Waals surface area contributed by atoms with Gasteiger partial charge in [0.25, 0.3) is 5.56 Å². The van der Waals surface area contributed by atoms with Crippen molar-refractivity contribution in [3.63, 3.8) is 0 Å². The number of ether oxygens (including phenoxy) is 1. The van der Waals surface area contributed by atoms with Crippen LogP contribution in [0.15, 0.2) is 29.5 Å². The monoisotopic (exact) mass is 355 g/mol. The van der Waals surface area contributed by atoms with Crippen molar-refractivity contribution in [3.05, 3.63) is 46.5 Å². The van der Waals surface area contributed by atoms with Crippen LogP contribution in [0.4, 0.5) is 5.82 Å². The molecule has 2 fully saturated rings. The molecule has 0 bridgehead atoms. The lowest BCUT2D eigenvalue weighted by atomic mass is 9.96. The number of hydrogen-bond donors (Lipinski definition) is 0. The first-order valence-electron chi connectivity index (χ1n) is 9.35. The van der Waals surface area contributed by atoms with E-state index in [4.69, 9.17) is 4.74 Å². The Kier molecular flexibility index (Phi) is 4.97. The van der Waals surface area contributed by atoms with Crippen molar-refractivity contribution in [1.82, 2.24) is 19.5 Å². The van der Waals surface area contributed by atoms with Gasteiger partial charge in [0, 0.05) is 44.9 Å². The second kappa shape index (κ2) is 7.53. The van der Waals surface area contributed by atoms with Crippen LogP contribution in [-0.4, -0.2) is 39.7 Å². The predicted molar refractivity (Wildman–Crippen MR) is 98.2 cm³/mol. The Labute approximate surface area is 153 Å². The molecule has 2 aromatic rings. The second-order valence-electron chi connectivity index (χ2n) is 7.27. The van der Waals surface area contributed by atoms with Crippen LogP contribution >= 0.6 is 0 Å². The number of hydrogen-bond acceptors (Lipinski definition) is 6. The van der Waals surface area contributed by atoms with Crippen molar-refractivity contribution >= 4 is 5.82 Å². The van der Waals surface area contributed by atoms with Gasteiger partial charge in [0.15, 0.2) is 5.82 Å². The Morgan fingerprint density at radius 2 is 2.00 bits per heavy atom. The number of nitrogens with zero attached hydrogens (tertiary/aromatic N) is 5. The molecule has 1 saturated carbocycles. The Bertz CT molecular complexity index is 810. The van der Waals surface area contributed by atoms with Crippen molar-refractivity contribution < 1.29 is 4.74 Å². The molecule has 0 radical (unpaired) electrons. The third-order valence-electron chi connectivity index (χ3n) is 5.25. The van der Waals surface area contributed by atoms with Gasteiger partial charge in [-0.2, -0.15) is 0 Å². The van der Waals surface area contributed by atoms with Crippen LogP contribution in [0.2, 0.25) is 0 Å². The van der Waals surface area contributed by atoms with E-state index in [0.717, 1.165) is 44.0 Å². The number of methoxy groups -OCH3 is 1. The van der Waals surface area contributed by atoms with E-state index in [1.165, 1.54) is 12.8 Å². The van der Waals surface area contributed by atoms with Crippen molar-refractivity contribution in [2.24, 2.45) is 5.92 Å². The van der Waals surface area contributed by atoms with E-state index >= 15 is 0 Å². The lowest BCUT2D eigenvalue weighted by molar-refractivity contribution is 0.177. The highest BCUT2D eigenvalue weighted by Crippen LogP contribution is 2.38. The summed E-state index contributed by atoms with van der Waals surface area (Å²) in [6.45, 7) is 3.06. The first kappa shape index (κ1) is 17.1. The molecular weight excluding hydrogens is 330 g/mol. The smallest absolute Gasteiger partial charge is 0.253 e. The fourth-order valence-corrected chi connectivity index (χ4v) is 3.57. The Balaban J connectivity index is 1.35. The van der Waals surface area contributed by atoms with Gasteiger partial charge in [-0.05, 0) is 37.7 Å². The van der Waals surface area contributed by atoms with Gasteiger partial charge < -0.3 is 9.64 Å². The van der Waals surface area contributed by atoms with E-state index in [2.05, 4.69) is 19.9 Å². The molecular formula is C19H25N5O2. The quantitative estimate of drug-likeness (QED) is 0.789. The van der Waals surface area contributed by atoms with Gasteiger partial charge in [0.2, 0.25) is 0 Å². The van der Waals surface area contributed by atoms with Gasteiger partial charge in [-0.1, -0.05) is 0 Å². The van der Waals surface area contributed by atoms with Crippen LogP contribution in [0.5, 0.6) is 0 Å². The minimum absolute atomic E-state index is 0.0873. The maximum absolute atomic E-state index is 12.3. The third kappa shape index (κ3) is 3.93. The summed E-state index contributed by atoms with van der Waals surface area (Å²) in [7, 11) is 1.65. The maximum atomic E-state index is 12.3. The van der Waals surface area contributed by atoms with E-state index in [1.807, 2.05) is 6.07 Å². The van der Waals surface area contributed by atoms with Gasteiger partial charge in [-0.25, -0.2) is 15.0 Å². The number of piperidine rings is 1. The predicted octanol–water partition coefficient (Wildman–Crippen LogP) is 1.97. The Morgan fingerprint density at radius 3 is 2.69 bits per heavy atom. The molecule has 1 saturated heterocycles. The fraction of sp³-hybridized carbons (Fsp3) is 0.579. The number of anilines is 1. The van der Waals surface area contributed by atoms with Crippen LogP contribution in [0, 0.1) is 5.92 Å². The Hall–Kier alpha value is -2.28. The molecule has 1 aliphatic heterocycles. The van der Waals surface area contributed by atoms with Crippen LogP contribution in [0.3, 0.4) is 0 Å². The summed E-state index contributed by atoms with van der Waals surface area (Å²) in [6.07, 6.45) is 7.95. The molecule has 2 aliphatic rings. The molecule has 0 N–H and O–H groups in total. The summed E-state index contributed by atoms with van der Waals surface area (Å²) in [5.41, 5.74) is 1.06. The summed E-state index contributed by atoms with van der Waals surface area (Å²) in [5, 5.41) is 0. The molecule has 138 valence electrons. The average molecular weight is 355 g/mol. The molecule has 2 aromatic heterocycles. The minimum Gasteiger partial charge on any atom is -0.377 e. The van der Waals surface area contributed by atoms with Gasteiger partial charge in [0.1, 0.15) is 12.4 Å². The standard InChI is InChI=1S/C19H25N5O2/c1-26-12-17-20-7-4-18(22-17)23-8-5-14(6-9-23)11-24-13-21-16(10-19(24)25)15-2-3-15/h4,7,10,13-15H,2-3,5-6,8-9,11-12H2,1H3. The van der Waals surface area contributed by atoms with Gasteiger partial charge in [-0.3, -0.25) is 9.36 Å². The number of aromatic nitrogens is 4. The van der Waals surface area contributed by atoms with Gasteiger partial charge >= 0.3 is 0 Å². The number of rotatable bonds is 6. The molecule has 7 heteroatoms. The van der Waals surface area contributed by atoms with Crippen LogP contribution < -0.4 is 10.5 Å². The molecule has 3 heterocycles. The highest BCUT2D eigenvalue weighted by molar-refractivity contribution is 5.37. The third-order valence-corrected chi connectivity index (χ3v) is 5.25. The second-order valence-corrected chi connectivity index (χ2v) is 7.27. The zero-order chi connectivity index (χ0) is 17.9. The highest BCUT2D eigenvalue weighted by Gasteiger charge is 2.26. The summed E-state index contributed by atoms with van der Waals surface area (Å²) in [5.74, 6) is 2.69. The average Bonchev–Trinajstić information content (AvgIpc) is 3.50. The summed E-state index contributed by atoms with van der Waals surface area (Å²) < 4.78 is 6.88. The molecule has 1 aliphatic carbocycles. The summed E-state index contributed by atoms with van der Waals surface area (Å²) >= 11 is 0. The Morgan fingerprint density at radius 1 is 1.19 bits per heavy atom. The largest absolute Gasteiger partial charge is 0.377 e. The van der Waals surface area contributed by atoms with Crippen LogP contribution in [0.25, 0.3) is 0 Å². The fourth-order valence-electron chi connectivity index (χ4n) is 3.57. The summed E-state index contributed by atoms with van der Waals surface area (Å²) in [6, 6.07) is 3.68. The van der Waals surface area contributed by atoms with Crippen molar-refractivity contribution in [3.8, 4) is 0 Å². The minimum atomic E-state index is 0.0873. The van der Waals surface area contributed by atoms with E-state index in [-0.39, 0.29) is 5.56 Å². The molecule has 0 spiro atoms.